The van der Waals surface area contributed by atoms with Crippen molar-refractivity contribution in [2.45, 2.75) is 18.9 Å². The number of amides is 1. The van der Waals surface area contributed by atoms with Crippen LogP contribution in [0.25, 0.3) is 0 Å². The third kappa shape index (κ3) is 4.51. The average molecular weight is 379 g/mol. The van der Waals surface area contributed by atoms with Crippen LogP contribution < -0.4 is 14.8 Å². The molecule has 1 aliphatic rings. The molecule has 0 saturated carbocycles. The maximum atomic E-state index is 12.4. The monoisotopic (exact) mass is 378 g/mol. The Morgan fingerprint density at radius 1 is 1.31 bits per heavy atom. The largest absolute Gasteiger partial charge is 0.489 e. The number of fused-ring (bicyclic) bond motifs is 1. The number of nitrogens with zero attached hydrogens (tertiary/aromatic N) is 1. The number of ether oxygens (including phenoxy) is 2. The second-order valence-corrected chi connectivity index (χ2v) is 6.84. The third-order valence-corrected chi connectivity index (χ3v) is 4.49. The van der Waals surface area contributed by atoms with Gasteiger partial charge in [0, 0.05) is 13.0 Å². The van der Waals surface area contributed by atoms with Crippen molar-refractivity contribution in [1.29, 1.82) is 0 Å². The van der Waals surface area contributed by atoms with Crippen LogP contribution in [0.5, 0.6) is 11.5 Å². The number of nitrogens with one attached hydrogen (secondary N) is 1. The molecule has 1 aromatic carbocycles. The van der Waals surface area contributed by atoms with Crippen LogP contribution in [0.15, 0.2) is 34.9 Å². The number of furan rings is 1. The van der Waals surface area contributed by atoms with Crippen molar-refractivity contribution >= 4 is 17.5 Å². The van der Waals surface area contributed by atoms with Gasteiger partial charge >= 0.3 is 0 Å². The lowest BCUT2D eigenvalue weighted by Crippen LogP contribution is -2.35. The predicted molar refractivity (Wildman–Crippen MR) is 98.9 cm³/mol. The fourth-order valence-corrected chi connectivity index (χ4v) is 3.15. The molecule has 0 aliphatic carbocycles. The Balaban J connectivity index is 1.63. The molecule has 7 heteroatoms. The van der Waals surface area contributed by atoms with E-state index < -0.39 is 0 Å². The SMILES string of the molecule is CN(C)C(CNC(=O)Cc1cc(Cl)c2c(c1)OCCCO2)c1ccco1. The second kappa shape index (κ2) is 8.47. The van der Waals surface area contributed by atoms with Crippen molar-refractivity contribution in [3.8, 4) is 11.5 Å². The van der Waals surface area contributed by atoms with Crippen molar-refractivity contribution in [3.05, 3.63) is 46.9 Å². The number of hydrogen-bond donors (Lipinski definition) is 1. The highest BCUT2D eigenvalue weighted by Crippen LogP contribution is 2.38. The van der Waals surface area contributed by atoms with Gasteiger partial charge < -0.3 is 19.2 Å². The lowest BCUT2D eigenvalue weighted by Gasteiger charge is -2.22. The molecular weight excluding hydrogens is 356 g/mol. The number of rotatable bonds is 6. The van der Waals surface area contributed by atoms with Gasteiger partial charge in [-0.15, -0.1) is 0 Å². The van der Waals surface area contributed by atoms with E-state index in [0.717, 1.165) is 17.7 Å². The van der Waals surface area contributed by atoms with Gasteiger partial charge in [-0.3, -0.25) is 9.69 Å². The van der Waals surface area contributed by atoms with Crippen LogP contribution in [0.4, 0.5) is 0 Å². The van der Waals surface area contributed by atoms with Gasteiger partial charge in [0.05, 0.1) is 37.0 Å². The van der Waals surface area contributed by atoms with Gasteiger partial charge in [0.15, 0.2) is 11.5 Å². The van der Waals surface area contributed by atoms with E-state index in [2.05, 4.69) is 5.32 Å². The fourth-order valence-electron chi connectivity index (χ4n) is 2.86. The van der Waals surface area contributed by atoms with Crippen LogP contribution in [-0.4, -0.2) is 44.7 Å². The molecule has 0 fully saturated rings. The number of hydrogen-bond acceptors (Lipinski definition) is 5. The highest BCUT2D eigenvalue weighted by molar-refractivity contribution is 6.32. The van der Waals surface area contributed by atoms with Crippen molar-refractivity contribution < 1.29 is 18.7 Å². The summed E-state index contributed by atoms with van der Waals surface area (Å²) in [6.45, 7) is 1.61. The van der Waals surface area contributed by atoms with E-state index in [-0.39, 0.29) is 18.4 Å². The molecule has 1 aromatic heterocycles. The number of carbonyl (C=O) groups excluding carboxylic acids is 1. The lowest BCUT2D eigenvalue weighted by molar-refractivity contribution is -0.120. The molecule has 1 amide bonds. The maximum absolute atomic E-state index is 12.4. The van der Waals surface area contributed by atoms with Crippen LogP contribution in [0, 0.1) is 0 Å². The van der Waals surface area contributed by atoms with Crippen molar-refractivity contribution in [1.82, 2.24) is 10.2 Å². The van der Waals surface area contributed by atoms with Gasteiger partial charge in [0.1, 0.15) is 5.76 Å². The first kappa shape index (κ1) is 18.6. The van der Waals surface area contributed by atoms with E-state index >= 15 is 0 Å². The Hall–Kier alpha value is -2.18. The zero-order valence-electron chi connectivity index (χ0n) is 15.0. The zero-order chi connectivity index (χ0) is 18.5. The van der Waals surface area contributed by atoms with Crippen molar-refractivity contribution in [2.75, 3.05) is 33.9 Å². The number of likely N-dealkylation sites (N-methyl/N-ethyl adjacent to an activating group) is 1. The topological polar surface area (TPSA) is 63.9 Å². The molecule has 1 unspecified atom stereocenters. The molecule has 0 bridgehead atoms. The summed E-state index contributed by atoms with van der Waals surface area (Å²) in [7, 11) is 3.89. The zero-order valence-corrected chi connectivity index (χ0v) is 15.7. The Kier molecular flexibility index (Phi) is 6.06. The molecule has 0 saturated heterocycles. The molecule has 0 spiro atoms. The van der Waals surface area contributed by atoms with Gasteiger partial charge in [-0.1, -0.05) is 11.6 Å². The van der Waals surface area contributed by atoms with E-state index in [1.807, 2.05) is 37.2 Å². The molecule has 26 heavy (non-hydrogen) atoms. The standard InChI is InChI=1S/C19H23ClN2O4/c1-22(2)15(16-5-3-6-24-16)12-21-18(23)11-13-9-14(20)19-17(10-13)25-7-4-8-26-19/h3,5-6,9-10,15H,4,7-8,11-12H2,1-2H3,(H,21,23). The van der Waals surface area contributed by atoms with E-state index in [1.165, 1.54) is 0 Å². The minimum atomic E-state index is -0.0889. The lowest BCUT2D eigenvalue weighted by atomic mass is 10.1. The first-order valence-corrected chi connectivity index (χ1v) is 8.97. The number of benzene rings is 1. The molecule has 3 rings (SSSR count). The van der Waals surface area contributed by atoms with E-state index in [4.69, 9.17) is 25.5 Å². The van der Waals surface area contributed by atoms with Gasteiger partial charge in [-0.2, -0.15) is 0 Å². The molecule has 1 N–H and O–H groups in total. The van der Waals surface area contributed by atoms with Crippen molar-refractivity contribution in [2.24, 2.45) is 0 Å². The minimum Gasteiger partial charge on any atom is -0.489 e. The molecule has 6 nitrogen and oxygen atoms in total. The summed E-state index contributed by atoms with van der Waals surface area (Å²) in [5, 5.41) is 3.42. The second-order valence-electron chi connectivity index (χ2n) is 6.43. The number of halogens is 1. The van der Waals surface area contributed by atoms with Crippen LogP contribution in [0.3, 0.4) is 0 Å². The third-order valence-electron chi connectivity index (χ3n) is 4.21. The Bertz CT molecular complexity index is 746. The van der Waals surface area contributed by atoms with Crippen molar-refractivity contribution in [3.63, 3.8) is 0 Å². The Labute approximate surface area is 158 Å². The molecule has 140 valence electrons. The summed E-state index contributed by atoms with van der Waals surface area (Å²) in [5.41, 5.74) is 0.788. The van der Waals surface area contributed by atoms with Gasteiger partial charge in [-0.05, 0) is 43.9 Å². The Morgan fingerprint density at radius 2 is 2.12 bits per heavy atom. The smallest absolute Gasteiger partial charge is 0.224 e. The normalized spacial score (nSPS) is 14.8. The molecule has 1 atom stereocenters. The van der Waals surface area contributed by atoms with E-state index in [1.54, 1.807) is 12.3 Å². The molecule has 0 radical (unpaired) electrons. The highest BCUT2D eigenvalue weighted by atomic mass is 35.5. The summed E-state index contributed by atoms with van der Waals surface area (Å²) in [6.07, 6.45) is 2.65. The van der Waals surface area contributed by atoms with Crippen LogP contribution >= 0.6 is 11.6 Å². The number of carbonyl (C=O) groups is 1. The quantitative estimate of drug-likeness (QED) is 0.837. The minimum absolute atomic E-state index is 0.0266. The molecule has 1 aliphatic heterocycles. The summed E-state index contributed by atoms with van der Waals surface area (Å²) < 4.78 is 16.7. The summed E-state index contributed by atoms with van der Waals surface area (Å²) >= 11 is 6.28. The molecule has 2 heterocycles. The summed E-state index contributed by atoms with van der Waals surface area (Å²) in [4.78, 5) is 14.4. The highest BCUT2D eigenvalue weighted by Gasteiger charge is 2.19. The predicted octanol–water partition coefficient (Wildman–Crippen LogP) is 3.06. The van der Waals surface area contributed by atoms with Crippen LogP contribution in [0.1, 0.15) is 23.8 Å². The average Bonchev–Trinajstić information content (AvgIpc) is 2.99. The summed E-state index contributed by atoms with van der Waals surface area (Å²) in [5.74, 6) is 1.88. The van der Waals surface area contributed by atoms with Crippen LogP contribution in [-0.2, 0) is 11.2 Å². The van der Waals surface area contributed by atoms with E-state index in [0.29, 0.717) is 36.3 Å². The molecule has 2 aromatic rings. The fraction of sp³-hybridized carbons (Fsp3) is 0.421. The first-order valence-electron chi connectivity index (χ1n) is 8.59. The van der Waals surface area contributed by atoms with Gasteiger partial charge in [-0.25, -0.2) is 0 Å². The first-order chi connectivity index (χ1) is 12.5. The van der Waals surface area contributed by atoms with Gasteiger partial charge in [0.2, 0.25) is 5.91 Å². The van der Waals surface area contributed by atoms with E-state index in [9.17, 15) is 4.79 Å². The summed E-state index contributed by atoms with van der Waals surface area (Å²) in [6, 6.07) is 7.29. The van der Waals surface area contributed by atoms with Crippen LogP contribution in [0.2, 0.25) is 5.02 Å². The van der Waals surface area contributed by atoms with Gasteiger partial charge in [0.25, 0.3) is 0 Å². The molecular formula is C19H23ClN2O4. The maximum Gasteiger partial charge on any atom is 0.224 e. The Morgan fingerprint density at radius 3 is 2.85 bits per heavy atom.